The molecule has 1 amide bonds. The third-order valence-electron chi connectivity index (χ3n) is 4.69. The van der Waals surface area contributed by atoms with Crippen molar-refractivity contribution in [3.8, 4) is 16.3 Å². The lowest BCUT2D eigenvalue weighted by Crippen LogP contribution is -2.31. The van der Waals surface area contributed by atoms with E-state index < -0.39 is 11.6 Å². The average molecular weight is 430 g/mol. The first-order valence-corrected chi connectivity index (χ1v) is 10.5. The highest BCUT2D eigenvalue weighted by Gasteiger charge is 2.19. The fraction of sp³-hybridized carbons (Fsp3) is 0.273. The van der Waals surface area contributed by atoms with Crippen LogP contribution in [0.1, 0.15) is 28.9 Å². The van der Waals surface area contributed by atoms with E-state index in [-0.39, 0.29) is 18.6 Å². The van der Waals surface area contributed by atoms with Crippen LogP contribution in [0.4, 0.5) is 8.78 Å². The second kappa shape index (κ2) is 9.32. The number of aromatic nitrogens is 1. The van der Waals surface area contributed by atoms with Crippen molar-refractivity contribution in [3.63, 3.8) is 0 Å². The fourth-order valence-corrected chi connectivity index (χ4v) is 4.06. The molecule has 2 heterocycles. The lowest BCUT2D eigenvalue weighted by atomic mass is 10.2. The zero-order valence-electron chi connectivity index (χ0n) is 16.1. The van der Waals surface area contributed by atoms with Crippen LogP contribution in [0.25, 0.3) is 10.6 Å². The molecule has 1 aromatic heterocycles. The number of benzene rings is 2. The number of rotatable bonds is 7. The quantitative estimate of drug-likeness (QED) is 0.596. The molecule has 0 bridgehead atoms. The van der Waals surface area contributed by atoms with Crippen LogP contribution < -0.4 is 10.1 Å². The molecule has 1 saturated heterocycles. The molecule has 4 rings (SSSR count). The van der Waals surface area contributed by atoms with E-state index in [0.717, 1.165) is 25.5 Å². The van der Waals surface area contributed by atoms with Gasteiger partial charge in [-0.25, -0.2) is 13.8 Å². The maximum Gasteiger partial charge on any atom is 0.270 e. The third-order valence-corrected chi connectivity index (χ3v) is 5.56. The highest BCUT2D eigenvalue weighted by molar-refractivity contribution is 7.13. The zero-order valence-corrected chi connectivity index (χ0v) is 16.9. The number of carbonyl (C=O) groups excluding carboxylic acids is 1. The van der Waals surface area contributed by atoms with E-state index in [4.69, 9.17) is 9.47 Å². The monoisotopic (exact) mass is 430 g/mol. The fourth-order valence-electron chi connectivity index (χ4n) is 3.23. The highest BCUT2D eigenvalue weighted by Crippen LogP contribution is 2.32. The van der Waals surface area contributed by atoms with Gasteiger partial charge < -0.3 is 14.8 Å². The predicted molar refractivity (Wildman–Crippen MR) is 110 cm³/mol. The molecule has 0 saturated carbocycles. The summed E-state index contributed by atoms with van der Waals surface area (Å²) >= 11 is 1.33. The van der Waals surface area contributed by atoms with Gasteiger partial charge in [-0.05, 0) is 42.7 Å². The summed E-state index contributed by atoms with van der Waals surface area (Å²) in [4.78, 5) is 16.8. The van der Waals surface area contributed by atoms with Crippen molar-refractivity contribution in [2.24, 2.45) is 0 Å². The second-order valence-electron chi connectivity index (χ2n) is 6.95. The molecular weight excluding hydrogens is 410 g/mol. The van der Waals surface area contributed by atoms with Gasteiger partial charge in [-0.1, -0.05) is 12.1 Å². The molecule has 1 aliphatic rings. The minimum Gasteiger partial charge on any atom is -0.488 e. The molecule has 1 fully saturated rings. The van der Waals surface area contributed by atoms with Crippen LogP contribution in [0.2, 0.25) is 0 Å². The van der Waals surface area contributed by atoms with E-state index in [9.17, 15) is 13.6 Å². The molecule has 2 aromatic carbocycles. The van der Waals surface area contributed by atoms with Gasteiger partial charge >= 0.3 is 0 Å². The van der Waals surface area contributed by atoms with Gasteiger partial charge in [-0.2, -0.15) is 0 Å². The van der Waals surface area contributed by atoms with E-state index in [2.05, 4.69) is 10.3 Å². The number of halogens is 2. The molecule has 8 heteroatoms. The Morgan fingerprint density at radius 2 is 2.03 bits per heavy atom. The summed E-state index contributed by atoms with van der Waals surface area (Å²) in [5.74, 6) is -1.04. The third kappa shape index (κ3) is 5.01. The predicted octanol–water partition coefficient (Wildman–Crippen LogP) is 4.58. The lowest BCUT2D eigenvalue weighted by Gasteiger charge is -2.10. The van der Waals surface area contributed by atoms with E-state index in [1.165, 1.54) is 23.5 Å². The van der Waals surface area contributed by atoms with Crippen LogP contribution in [0.3, 0.4) is 0 Å². The SMILES string of the molecule is O=C(NC[C@H]1CCCO1)c1csc(-c2ccccc2OCc2cc(F)cc(F)c2)n1. The summed E-state index contributed by atoms with van der Waals surface area (Å²) in [5.41, 5.74) is 1.42. The summed E-state index contributed by atoms with van der Waals surface area (Å²) in [6, 6.07) is 10.5. The Labute approximate surface area is 176 Å². The Kier molecular flexibility index (Phi) is 6.35. The smallest absolute Gasteiger partial charge is 0.270 e. The molecule has 0 spiro atoms. The molecule has 1 atom stereocenters. The number of nitrogens with one attached hydrogen (secondary N) is 1. The van der Waals surface area contributed by atoms with Gasteiger partial charge in [-0.3, -0.25) is 4.79 Å². The topological polar surface area (TPSA) is 60.5 Å². The lowest BCUT2D eigenvalue weighted by molar-refractivity contribution is 0.0854. The Morgan fingerprint density at radius 3 is 2.80 bits per heavy atom. The molecule has 1 aliphatic heterocycles. The minimum absolute atomic E-state index is 0.00575. The molecule has 0 unspecified atom stereocenters. The number of nitrogens with zero attached hydrogens (tertiary/aromatic N) is 1. The highest BCUT2D eigenvalue weighted by atomic mass is 32.1. The van der Waals surface area contributed by atoms with Gasteiger partial charge in [0.15, 0.2) is 0 Å². The van der Waals surface area contributed by atoms with Crippen molar-refractivity contribution in [3.05, 3.63) is 70.7 Å². The minimum atomic E-state index is -0.652. The second-order valence-corrected chi connectivity index (χ2v) is 7.80. The number of para-hydroxylation sites is 1. The maximum atomic E-state index is 13.4. The number of carbonyl (C=O) groups is 1. The molecule has 3 aromatic rings. The van der Waals surface area contributed by atoms with E-state index in [1.54, 1.807) is 17.5 Å². The van der Waals surface area contributed by atoms with Crippen LogP contribution >= 0.6 is 11.3 Å². The van der Waals surface area contributed by atoms with Crippen LogP contribution in [-0.2, 0) is 11.3 Å². The van der Waals surface area contributed by atoms with Gasteiger partial charge in [0.25, 0.3) is 5.91 Å². The number of amides is 1. The Hall–Kier alpha value is -2.84. The van der Waals surface area contributed by atoms with E-state index in [1.807, 2.05) is 12.1 Å². The normalized spacial score (nSPS) is 15.9. The van der Waals surface area contributed by atoms with Gasteiger partial charge in [0.2, 0.25) is 0 Å². The first kappa shape index (κ1) is 20.4. The van der Waals surface area contributed by atoms with Crippen molar-refractivity contribution in [1.82, 2.24) is 10.3 Å². The van der Waals surface area contributed by atoms with Crippen molar-refractivity contribution >= 4 is 17.2 Å². The Balaban J connectivity index is 1.44. The molecule has 5 nitrogen and oxygen atoms in total. The molecule has 0 radical (unpaired) electrons. The summed E-state index contributed by atoms with van der Waals surface area (Å²) in [7, 11) is 0. The molecule has 1 N–H and O–H groups in total. The van der Waals surface area contributed by atoms with E-state index in [0.29, 0.717) is 34.1 Å². The van der Waals surface area contributed by atoms with Gasteiger partial charge in [0, 0.05) is 24.6 Å². The summed E-state index contributed by atoms with van der Waals surface area (Å²) in [5, 5.41) is 5.17. The average Bonchev–Trinajstić information content (AvgIpc) is 3.42. The molecule has 0 aliphatic carbocycles. The Morgan fingerprint density at radius 1 is 1.23 bits per heavy atom. The number of hydrogen-bond acceptors (Lipinski definition) is 5. The van der Waals surface area contributed by atoms with Crippen LogP contribution in [0.5, 0.6) is 5.75 Å². The summed E-state index contributed by atoms with van der Waals surface area (Å²) < 4.78 is 38.1. The van der Waals surface area contributed by atoms with Gasteiger partial charge in [0.1, 0.15) is 34.7 Å². The van der Waals surface area contributed by atoms with Crippen LogP contribution in [0, 0.1) is 11.6 Å². The van der Waals surface area contributed by atoms with Gasteiger partial charge in [-0.15, -0.1) is 11.3 Å². The van der Waals surface area contributed by atoms with Gasteiger partial charge in [0.05, 0.1) is 11.7 Å². The number of thiazole rings is 1. The van der Waals surface area contributed by atoms with Crippen molar-refractivity contribution in [2.75, 3.05) is 13.2 Å². The summed E-state index contributed by atoms with van der Waals surface area (Å²) in [6.07, 6.45) is 2.03. The standard InChI is InChI=1S/C22H20F2N2O3S/c23-15-8-14(9-16(24)10-15)12-29-20-6-2-1-5-18(20)22-26-19(13-30-22)21(27)25-11-17-4-3-7-28-17/h1-2,5-6,8-10,13,17H,3-4,7,11-12H2,(H,25,27)/t17-/m1/s1. The van der Waals surface area contributed by atoms with Crippen molar-refractivity contribution in [1.29, 1.82) is 0 Å². The number of hydrogen-bond donors (Lipinski definition) is 1. The molecular formula is C22H20F2N2O3S. The first-order chi connectivity index (χ1) is 14.6. The summed E-state index contributed by atoms with van der Waals surface area (Å²) in [6.45, 7) is 1.21. The largest absolute Gasteiger partial charge is 0.488 e. The van der Waals surface area contributed by atoms with Crippen molar-refractivity contribution < 1.29 is 23.0 Å². The maximum absolute atomic E-state index is 13.4. The first-order valence-electron chi connectivity index (χ1n) is 9.61. The van der Waals surface area contributed by atoms with Crippen LogP contribution in [-0.4, -0.2) is 30.1 Å². The molecule has 156 valence electrons. The van der Waals surface area contributed by atoms with Crippen LogP contribution in [0.15, 0.2) is 47.8 Å². The molecule has 30 heavy (non-hydrogen) atoms. The number of ether oxygens (including phenoxy) is 2. The zero-order chi connectivity index (χ0) is 20.9. The van der Waals surface area contributed by atoms with E-state index >= 15 is 0 Å². The Bertz CT molecular complexity index is 1010. The van der Waals surface area contributed by atoms with Crippen molar-refractivity contribution in [2.45, 2.75) is 25.6 Å².